The van der Waals surface area contributed by atoms with Crippen LogP contribution in [0.3, 0.4) is 0 Å². The average Bonchev–Trinajstić information content (AvgIpc) is 2.79. The van der Waals surface area contributed by atoms with Crippen molar-refractivity contribution in [3.8, 4) is 0 Å². The highest BCUT2D eigenvalue weighted by Gasteiger charge is 2.34. The van der Waals surface area contributed by atoms with E-state index in [1.807, 2.05) is 13.2 Å². The zero-order chi connectivity index (χ0) is 26.4. The van der Waals surface area contributed by atoms with E-state index < -0.39 is 53.8 Å². The largest absolute Gasteiger partial charge is 0.481 e. The number of carboxylic acids is 2. The minimum Gasteiger partial charge on any atom is -0.481 e. The van der Waals surface area contributed by atoms with Crippen molar-refractivity contribution < 1.29 is 34.2 Å². The van der Waals surface area contributed by atoms with Gasteiger partial charge in [-0.3, -0.25) is 19.2 Å². The van der Waals surface area contributed by atoms with Crippen LogP contribution in [0.15, 0.2) is 0 Å². The lowest BCUT2D eigenvalue weighted by molar-refractivity contribution is -0.144. The van der Waals surface area contributed by atoms with Gasteiger partial charge in [0.05, 0.1) is 6.04 Å². The highest BCUT2D eigenvalue weighted by atomic mass is 32.2. The molecule has 6 atom stereocenters. The summed E-state index contributed by atoms with van der Waals surface area (Å²) in [5.41, 5.74) is 5.86. The summed E-state index contributed by atoms with van der Waals surface area (Å²) in [6.45, 7) is 7.05. The number of thioether (sulfide) groups is 1. The second-order valence-electron chi connectivity index (χ2n) is 8.46. The first kappa shape index (κ1) is 31.7. The predicted molar refractivity (Wildman–Crippen MR) is 130 cm³/mol. The van der Waals surface area contributed by atoms with Crippen molar-refractivity contribution in [2.45, 2.75) is 84.0 Å². The van der Waals surface area contributed by atoms with Crippen LogP contribution in [-0.2, 0) is 24.0 Å². The summed E-state index contributed by atoms with van der Waals surface area (Å²) in [4.78, 5) is 61.1. The Hall–Kier alpha value is -2.34. The van der Waals surface area contributed by atoms with Crippen molar-refractivity contribution in [2.75, 3.05) is 12.0 Å². The maximum atomic E-state index is 13.0. The molecule has 0 bridgehead atoms. The van der Waals surface area contributed by atoms with Gasteiger partial charge in [-0.25, -0.2) is 4.79 Å². The van der Waals surface area contributed by atoms with Gasteiger partial charge in [-0.05, 0) is 36.7 Å². The number of aliphatic carboxylic acids is 2. The van der Waals surface area contributed by atoms with Gasteiger partial charge in [0.1, 0.15) is 18.1 Å². The number of hydrogen-bond acceptors (Lipinski definition) is 7. The fourth-order valence-electron chi connectivity index (χ4n) is 3.07. The molecule has 0 aliphatic rings. The third-order valence-electron chi connectivity index (χ3n) is 5.82. The summed E-state index contributed by atoms with van der Waals surface area (Å²) < 4.78 is 0. The smallest absolute Gasteiger partial charge is 0.326 e. The Morgan fingerprint density at radius 1 is 0.824 bits per heavy atom. The first-order chi connectivity index (χ1) is 15.9. The number of nitrogens with two attached hydrogens (primary N) is 1. The molecule has 0 aromatic heterocycles. The van der Waals surface area contributed by atoms with Gasteiger partial charge in [0.25, 0.3) is 0 Å². The van der Waals surface area contributed by atoms with Gasteiger partial charge < -0.3 is 31.9 Å². The van der Waals surface area contributed by atoms with Crippen molar-refractivity contribution in [1.29, 1.82) is 0 Å². The molecular formula is C22H40N4O7S. The number of amides is 3. The Kier molecular flexibility index (Phi) is 15.2. The molecule has 3 amide bonds. The Morgan fingerprint density at radius 3 is 1.82 bits per heavy atom. The van der Waals surface area contributed by atoms with Gasteiger partial charge in [0.2, 0.25) is 17.7 Å². The molecule has 11 nitrogen and oxygen atoms in total. The Labute approximate surface area is 205 Å². The van der Waals surface area contributed by atoms with Crippen LogP contribution < -0.4 is 21.7 Å². The lowest BCUT2D eigenvalue weighted by atomic mass is 9.95. The number of carbonyl (C=O) groups excluding carboxylic acids is 3. The molecule has 0 aliphatic heterocycles. The minimum atomic E-state index is -1.21. The maximum absolute atomic E-state index is 13.0. The fraction of sp³-hybridized carbons (Fsp3) is 0.773. The Bertz CT molecular complexity index is 707. The van der Waals surface area contributed by atoms with E-state index in [0.29, 0.717) is 25.0 Å². The standard InChI is InChI=1S/C22H40N4O7S/c1-6-12(3)17(21(31)26-18(22(32)33)13(4)7-2)25-20(30)15(8-9-16(27)28)24-19(29)14(23)10-11-34-5/h12-15,17-18H,6-11,23H2,1-5H3,(H,24,29)(H,25,30)(H,26,31)(H,27,28)(H,32,33). The molecule has 12 heteroatoms. The lowest BCUT2D eigenvalue weighted by Crippen LogP contribution is -2.59. The van der Waals surface area contributed by atoms with E-state index in [9.17, 15) is 29.1 Å². The molecule has 0 spiro atoms. The maximum Gasteiger partial charge on any atom is 0.326 e. The second-order valence-corrected chi connectivity index (χ2v) is 9.45. The average molecular weight is 505 g/mol. The number of carbonyl (C=O) groups is 5. The molecule has 196 valence electrons. The van der Waals surface area contributed by atoms with Gasteiger partial charge >= 0.3 is 11.9 Å². The predicted octanol–water partition coefficient (Wildman–Crippen LogP) is 0.563. The van der Waals surface area contributed by atoms with Crippen molar-refractivity contribution in [2.24, 2.45) is 17.6 Å². The highest BCUT2D eigenvalue weighted by Crippen LogP contribution is 2.13. The summed E-state index contributed by atoms with van der Waals surface area (Å²) in [5.74, 6) is -4.35. The Morgan fingerprint density at radius 2 is 1.35 bits per heavy atom. The number of carboxylic acid groups (broad SMARTS) is 2. The number of rotatable bonds is 17. The molecule has 0 rings (SSSR count). The molecule has 0 saturated carbocycles. The molecule has 7 N–H and O–H groups in total. The summed E-state index contributed by atoms with van der Waals surface area (Å²) in [6, 6.07) is -4.28. The summed E-state index contributed by atoms with van der Waals surface area (Å²) in [6.07, 6.45) is 2.70. The Balaban J connectivity index is 5.61. The van der Waals surface area contributed by atoms with Crippen LogP contribution in [0.1, 0.15) is 59.8 Å². The van der Waals surface area contributed by atoms with Crippen LogP contribution in [-0.4, -0.2) is 76.0 Å². The van der Waals surface area contributed by atoms with E-state index in [0.717, 1.165) is 0 Å². The topological polar surface area (TPSA) is 188 Å². The molecule has 0 radical (unpaired) electrons. The SMILES string of the molecule is CCC(C)C(NC(=O)C(NC(=O)C(CCC(=O)O)NC(=O)C(N)CCSC)C(C)CC)C(=O)O. The van der Waals surface area contributed by atoms with Gasteiger partial charge in [-0.15, -0.1) is 0 Å². The van der Waals surface area contributed by atoms with Gasteiger partial charge in [-0.1, -0.05) is 40.5 Å². The quantitative estimate of drug-likeness (QED) is 0.164. The van der Waals surface area contributed by atoms with E-state index in [-0.39, 0.29) is 24.7 Å². The van der Waals surface area contributed by atoms with Crippen LogP contribution >= 0.6 is 11.8 Å². The van der Waals surface area contributed by atoms with E-state index >= 15 is 0 Å². The van der Waals surface area contributed by atoms with Gasteiger partial charge in [0.15, 0.2) is 0 Å². The normalized spacial score (nSPS) is 16.3. The van der Waals surface area contributed by atoms with Crippen LogP contribution in [0.5, 0.6) is 0 Å². The highest BCUT2D eigenvalue weighted by molar-refractivity contribution is 7.98. The van der Waals surface area contributed by atoms with Crippen LogP contribution in [0.25, 0.3) is 0 Å². The summed E-state index contributed by atoms with van der Waals surface area (Å²) in [5, 5.41) is 26.1. The van der Waals surface area contributed by atoms with E-state index in [2.05, 4.69) is 16.0 Å². The van der Waals surface area contributed by atoms with Crippen LogP contribution in [0.2, 0.25) is 0 Å². The van der Waals surface area contributed by atoms with Crippen LogP contribution in [0.4, 0.5) is 0 Å². The van der Waals surface area contributed by atoms with E-state index in [4.69, 9.17) is 10.8 Å². The second kappa shape index (κ2) is 16.3. The molecule has 0 aromatic rings. The molecular weight excluding hydrogens is 464 g/mol. The first-order valence-corrected chi connectivity index (χ1v) is 12.9. The monoisotopic (exact) mass is 504 g/mol. The molecule has 6 unspecified atom stereocenters. The number of nitrogens with one attached hydrogen (secondary N) is 3. The summed E-state index contributed by atoms with van der Waals surface area (Å²) in [7, 11) is 0. The van der Waals surface area contributed by atoms with Crippen molar-refractivity contribution >= 4 is 41.4 Å². The molecule has 0 aliphatic carbocycles. The fourth-order valence-corrected chi connectivity index (χ4v) is 3.56. The first-order valence-electron chi connectivity index (χ1n) is 11.5. The van der Waals surface area contributed by atoms with Crippen molar-refractivity contribution in [1.82, 2.24) is 16.0 Å². The minimum absolute atomic E-state index is 0.193. The molecule has 0 heterocycles. The molecule has 34 heavy (non-hydrogen) atoms. The van der Waals surface area contributed by atoms with Crippen molar-refractivity contribution in [3.63, 3.8) is 0 Å². The zero-order valence-corrected chi connectivity index (χ0v) is 21.4. The lowest BCUT2D eigenvalue weighted by Gasteiger charge is -2.29. The third-order valence-corrected chi connectivity index (χ3v) is 6.46. The number of hydrogen-bond donors (Lipinski definition) is 6. The third kappa shape index (κ3) is 11.2. The molecule has 0 saturated heterocycles. The summed E-state index contributed by atoms with van der Waals surface area (Å²) >= 11 is 1.51. The van der Waals surface area contributed by atoms with Gasteiger partial charge in [0, 0.05) is 6.42 Å². The molecule has 0 fully saturated rings. The van der Waals surface area contributed by atoms with E-state index in [1.54, 1.807) is 20.8 Å². The van der Waals surface area contributed by atoms with Crippen LogP contribution in [0, 0.1) is 11.8 Å². The van der Waals surface area contributed by atoms with Gasteiger partial charge in [-0.2, -0.15) is 11.8 Å². The zero-order valence-electron chi connectivity index (χ0n) is 20.6. The molecule has 0 aromatic carbocycles. The van der Waals surface area contributed by atoms with Crippen molar-refractivity contribution in [3.05, 3.63) is 0 Å². The van der Waals surface area contributed by atoms with E-state index in [1.165, 1.54) is 11.8 Å².